The van der Waals surface area contributed by atoms with Gasteiger partial charge in [-0.05, 0) is 19.9 Å². The van der Waals surface area contributed by atoms with Gasteiger partial charge in [-0.1, -0.05) is 0 Å². The van der Waals surface area contributed by atoms with Crippen LogP contribution in [0.3, 0.4) is 0 Å². The van der Waals surface area contributed by atoms with Crippen molar-refractivity contribution in [2.45, 2.75) is 123 Å². The summed E-state index contributed by atoms with van der Waals surface area (Å²) in [6.07, 6.45) is -14.6. The molecule has 3 heterocycles. The fourth-order valence-electron chi connectivity index (χ4n) is 6.05. The second kappa shape index (κ2) is 14.5. The monoisotopic (exact) mass is 625 g/mol. The molecular weight excluding hydrogens is 578 g/mol. The molecule has 3 saturated heterocycles. The Morgan fingerprint density at radius 1 is 0.860 bits per heavy atom. The maximum absolute atomic E-state index is 12.1. The Hall–Kier alpha value is -1.21. The molecule has 0 aromatic heterocycles. The van der Waals surface area contributed by atoms with Gasteiger partial charge in [-0.25, -0.2) is 0 Å². The maximum Gasteiger partial charge on any atom is 0.250 e. The molecule has 18 atom stereocenters. The highest BCUT2D eigenvalue weighted by molar-refractivity contribution is 5.81. The Balaban J connectivity index is 1.42. The van der Waals surface area contributed by atoms with E-state index in [9.17, 15) is 35.4 Å². The van der Waals surface area contributed by atoms with Crippen LogP contribution < -0.4 is 39.3 Å². The zero-order chi connectivity index (χ0) is 31.7. The summed E-state index contributed by atoms with van der Waals surface area (Å²) >= 11 is 0. The van der Waals surface area contributed by atoms with Crippen LogP contribution in [-0.4, -0.2) is 167 Å². The largest absolute Gasteiger partial charge is 0.394 e. The van der Waals surface area contributed by atoms with E-state index in [4.69, 9.17) is 52.4 Å². The van der Waals surface area contributed by atoms with E-state index in [0.29, 0.717) is 0 Å². The lowest BCUT2D eigenvalue weighted by Crippen LogP contribution is -2.71. The van der Waals surface area contributed by atoms with Crippen molar-refractivity contribution in [3.05, 3.63) is 0 Å². The van der Waals surface area contributed by atoms with E-state index in [0.717, 1.165) is 0 Å². The summed E-state index contributed by atoms with van der Waals surface area (Å²) < 4.78 is 29.6. The number of likely N-dealkylation sites (N-methyl/N-ethyl adjacent to an activating group) is 1. The van der Waals surface area contributed by atoms with Crippen LogP contribution in [0.2, 0.25) is 0 Å². The highest BCUT2D eigenvalue weighted by Gasteiger charge is 2.54. The van der Waals surface area contributed by atoms with Crippen LogP contribution in [0.25, 0.3) is 0 Å². The molecule has 0 spiro atoms. The van der Waals surface area contributed by atoms with Crippen molar-refractivity contribution >= 4 is 5.91 Å². The molecule has 4 aliphatic rings. The molecule has 0 bridgehead atoms. The third kappa shape index (κ3) is 7.13. The zero-order valence-electron chi connectivity index (χ0n) is 23.7. The standard InChI is InChI=1S/C24H47N7O12/c1-30-14-17(36)20-10(3-8(28)22(42-20)41-19-7(27)2-6(26)15(34)12(19)29)39-23(14)43-24-18(37)16(35)13(11(5-32)40-24)31-21(38)9(33)4-25/h6-20,22-24,30,32-37H,2-5,25-29H2,1H3,(H,31,38)/t6-,7?,8+,9+,10+,11?,12-,13-,14?,15?,16+,17?,18?,19-,20?,22+,23?,24-/m1/s1. The molecule has 4 rings (SSSR count). The van der Waals surface area contributed by atoms with E-state index >= 15 is 0 Å². The highest BCUT2D eigenvalue weighted by Crippen LogP contribution is 2.35. The summed E-state index contributed by atoms with van der Waals surface area (Å²) in [6.45, 7) is -1.08. The minimum Gasteiger partial charge on any atom is -0.394 e. The summed E-state index contributed by atoms with van der Waals surface area (Å²) in [5.74, 6) is -0.927. The molecule has 18 N–H and O–H groups in total. The van der Waals surface area contributed by atoms with E-state index in [1.807, 2.05) is 0 Å². The van der Waals surface area contributed by atoms with Gasteiger partial charge >= 0.3 is 0 Å². The molecule has 1 aliphatic carbocycles. The molecule has 3 aliphatic heterocycles. The predicted octanol–water partition coefficient (Wildman–Crippen LogP) is -8.51. The van der Waals surface area contributed by atoms with E-state index in [-0.39, 0.29) is 19.4 Å². The molecule has 0 aromatic carbocycles. The van der Waals surface area contributed by atoms with Crippen LogP contribution in [0, 0.1) is 0 Å². The van der Waals surface area contributed by atoms with Crippen LogP contribution in [0.4, 0.5) is 0 Å². The topological polar surface area (TPSA) is 339 Å². The number of carbonyl (C=O) groups is 1. The van der Waals surface area contributed by atoms with Crippen molar-refractivity contribution in [1.82, 2.24) is 10.6 Å². The number of hydrogen-bond donors (Lipinski definition) is 13. The van der Waals surface area contributed by atoms with E-state index in [2.05, 4.69) is 10.6 Å². The number of hydrogen-bond acceptors (Lipinski definition) is 18. The van der Waals surface area contributed by atoms with Gasteiger partial charge < -0.3 is 93.6 Å². The van der Waals surface area contributed by atoms with Crippen LogP contribution in [0.5, 0.6) is 0 Å². The Labute approximate surface area is 247 Å². The molecule has 1 amide bonds. The average Bonchev–Trinajstić information content (AvgIpc) is 2.97. The zero-order valence-corrected chi connectivity index (χ0v) is 23.7. The Kier molecular flexibility index (Phi) is 11.7. The van der Waals surface area contributed by atoms with Crippen molar-refractivity contribution in [3.8, 4) is 0 Å². The molecular formula is C24H47N7O12. The Bertz CT molecular complexity index is 926. The molecule has 0 radical (unpaired) electrons. The lowest BCUT2D eigenvalue weighted by molar-refractivity contribution is -0.372. The van der Waals surface area contributed by atoms with Crippen molar-refractivity contribution in [2.75, 3.05) is 20.2 Å². The van der Waals surface area contributed by atoms with Gasteiger partial charge in [0.15, 0.2) is 18.9 Å². The quantitative estimate of drug-likeness (QED) is 0.113. The molecule has 250 valence electrons. The number of nitrogens with two attached hydrogens (primary N) is 5. The van der Waals surface area contributed by atoms with Gasteiger partial charge in [0.1, 0.15) is 36.6 Å². The minimum atomic E-state index is -1.74. The third-order valence-corrected chi connectivity index (χ3v) is 8.61. The first-order valence-corrected chi connectivity index (χ1v) is 14.3. The number of aliphatic hydroxyl groups excluding tert-OH is 6. The Morgan fingerprint density at radius 3 is 2.19 bits per heavy atom. The SMILES string of the molecule is CNC1C(O[C@H]2OC(CO)[C@@H](NC(=O)[C@@H](O)CN)[C@H](O)C2O)O[C@H]2C[C@H](N)[C@@H](O[C@@H]3C(N)C[C@@H](N)C(O)[C@H]3N)OC2C1O. The number of rotatable bonds is 9. The molecule has 43 heavy (non-hydrogen) atoms. The minimum absolute atomic E-state index is 0.134. The first kappa shape index (κ1) is 34.7. The second-order valence-electron chi connectivity index (χ2n) is 11.6. The Morgan fingerprint density at radius 2 is 1.56 bits per heavy atom. The second-order valence-corrected chi connectivity index (χ2v) is 11.6. The van der Waals surface area contributed by atoms with Crippen LogP contribution in [0.1, 0.15) is 12.8 Å². The fraction of sp³-hybridized carbons (Fsp3) is 0.958. The predicted molar refractivity (Wildman–Crippen MR) is 144 cm³/mol. The van der Waals surface area contributed by atoms with Gasteiger partial charge in [0.2, 0.25) is 0 Å². The lowest BCUT2D eigenvalue weighted by atomic mass is 9.83. The molecule has 1 saturated carbocycles. The molecule has 19 nitrogen and oxygen atoms in total. The molecule has 8 unspecified atom stereocenters. The van der Waals surface area contributed by atoms with Gasteiger partial charge in [-0.2, -0.15) is 0 Å². The number of carbonyl (C=O) groups excluding carboxylic acids is 1. The summed E-state index contributed by atoms with van der Waals surface area (Å²) in [7, 11) is 1.53. The van der Waals surface area contributed by atoms with Crippen molar-refractivity contribution in [1.29, 1.82) is 0 Å². The average molecular weight is 626 g/mol. The van der Waals surface area contributed by atoms with Crippen molar-refractivity contribution < 1.29 is 59.1 Å². The summed E-state index contributed by atoms with van der Waals surface area (Å²) in [6, 6.07) is -5.10. The first-order chi connectivity index (χ1) is 20.3. The maximum atomic E-state index is 12.1. The van der Waals surface area contributed by atoms with E-state index < -0.39 is 123 Å². The van der Waals surface area contributed by atoms with Crippen LogP contribution in [-0.2, 0) is 28.5 Å². The normalized spacial score (nSPS) is 49.6. The van der Waals surface area contributed by atoms with Crippen molar-refractivity contribution in [3.63, 3.8) is 0 Å². The smallest absolute Gasteiger partial charge is 0.250 e. The molecule has 4 fully saturated rings. The number of amides is 1. The number of aliphatic hydroxyl groups is 6. The molecule has 19 heteroatoms. The summed E-state index contributed by atoms with van der Waals surface area (Å²) in [5.41, 5.74) is 29.8. The van der Waals surface area contributed by atoms with Crippen LogP contribution in [0.15, 0.2) is 0 Å². The van der Waals surface area contributed by atoms with Gasteiger partial charge in [-0.15, -0.1) is 0 Å². The van der Waals surface area contributed by atoms with Gasteiger partial charge in [0, 0.05) is 18.6 Å². The van der Waals surface area contributed by atoms with Gasteiger partial charge in [0.05, 0.1) is 49.1 Å². The fourth-order valence-corrected chi connectivity index (χ4v) is 6.05. The van der Waals surface area contributed by atoms with Crippen LogP contribution >= 0.6 is 0 Å². The van der Waals surface area contributed by atoms with E-state index in [1.165, 1.54) is 7.05 Å². The number of nitrogens with one attached hydrogen (secondary N) is 2. The third-order valence-electron chi connectivity index (χ3n) is 8.61. The highest BCUT2D eigenvalue weighted by atomic mass is 16.8. The van der Waals surface area contributed by atoms with Crippen molar-refractivity contribution in [2.24, 2.45) is 28.7 Å². The number of ether oxygens (including phenoxy) is 5. The summed E-state index contributed by atoms with van der Waals surface area (Å²) in [5, 5.41) is 67.8. The first-order valence-electron chi connectivity index (χ1n) is 14.3. The van der Waals surface area contributed by atoms with Gasteiger partial charge in [-0.3, -0.25) is 4.79 Å². The summed E-state index contributed by atoms with van der Waals surface area (Å²) in [4.78, 5) is 12.1. The molecule has 0 aromatic rings. The van der Waals surface area contributed by atoms with E-state index in [1.54, 1.807) is 0 Å². The lowest BCUT2D eigenvalue weighted by Gasteiger charge is -2.51. The van der Waals surface area contributed by atoms with Gasteiger partial charge in [0.25, 0.3) is 5.91 Å². The number of fused-ring (bicyclic) bond motifs is 1.